The number of carbonyl (C=O) groups excluding carboxylic acids is 1. The van der Waals surface area contributed by atoms with E-state index < -0.39 is 0 Å². The molecule has 1 aromatic carbocycles. The third kappa shape index (κ3) is 3.54. The van der Waals surface area contributed by atoms with Crippen LogP contribution in [0.4, 0.5) is 0 Å². The van der Waals surface area contributed by atoms with Crippen LogP contribution in [-0.4, -0.2) is 37.8 Å². The van der Waals surface area contributed by atoms with Gasteiger partial charge in [-0.3, -0.25) is 9.48 Å². The predicted molar refractivity (Wildman–Crippen MR) is 116 cm³/mol. The summed E-state index contributed by atoms with van der Waals surface area (Å²) >= 11 is 1.53. The van der Waals surface area contributed by atoms with Gasteiger partial charge >= 0.3 is 0 Å². The van der Waals surface area contributed by atoms with Crippen LogP contribution in [0.15, 0.2) is 29.8 Å². The summed E-state index contributed by atoms with van der Waals surface area (Å²) in [6.07, 6.45) is 9.58. The van der Waals surface area contributed by atoms with Gasteiger partial charge in [0.1, 0.15) is 5.75 Å². The summed E-state index contributed by atoms with van der Waals surface area (Å²) in [5, 5.41) is 17.4. The fourth-order valence-corrected chi connectivity index (χ4v) is 5.49. The third-order valence-corrected chi connectivity index (χ3v) is 7.14. The van der Waals surface area contributed by atoms with Crippen LogP contribution in [0, 0.1) is 0 Å². The molecule has 0 radical (unpaired) electrons. The molecule has 29 heavy (non-hydrogen) atoms. The van der Waals surface area contributed by atoms with Crippen molar-refractivity contribution in [3.8, 4) is 5.75 Å². The van der Waals surface area contributed by atoms with Crippen molar-refractivity contribution in [3.63, 3.8) is 0 Å². The van der Waals surface area contributed by atoms with E-state index in [0.717, 1.165) is 60.7 Å². The van der Waals surface area contributed by atoms with E-state index in [2.05, 4.69) is 22.7 Å². The fraction of sp³-hybridized carbons (Fsp3) is 0.478. The topological polar surface area (TPSA) is 58.4 Å². The standard InChI is InChI=1S/C23H27N3O2S/c1-2-3-10-25-13-15-11-17(6-9-21(15)24-25)26(16-4-5-16)23(28)20-14-29-22-12-18(27)7-8-19(20)22/h7-8,12-14,16-17,27H,2-6,9-11H2,1H3. The molecule has 5 rings (SSSR count). The lowest BCUT2D eigenvalue weighted by atomic mass is 9.91. The number of thiophene rings is 1. The quantitative estimate of drug-likeness (QED) is 0.638. The molecule has 0 aliphatic heterocycles. The summed E-state index contributed by atoms with van der Waals surface area (Å²) in [5.74, 6) is 0.397. The number of fused-ring (bicyclic) bond motifs is 2. The lowest BCUT2D eigenvalue weighted by molar-refractivity contribution is 0.0645. The van der Waals surface area contributed by atoms with Crippen molar-refractivity contribution in [1.29, 1.82) is 0 Å². The molecule has 2 aliphatic rings. The molecule has 1 fully saturated rings. The van der Waals surface area contributed by atoms with Crippen LogP contribution in [0.1, 0.15) is 60.6 Å². The van der Waals surface area contributed by atoms with Crippen LogP contribution in [0.25, 0.3) is 10.1 Å². The van der Waals surface area contributed by atoms with Gasteiger partial charge in [-0.05, 0) is 62.3 Å². The smallest absolute Gasteiger partial charge is 0.255 e. The summed E-state index contributed by atoms with van der Waals surface area (Å²) in [5.41, 5.74) is 3.31. The van der Waals surface area contributed by atoms with Gasteiger partial charge in [-0.2, -0.15) is 5.10 Å². The zero-order valence-electron chi connectivity index (χ0n) is 16.8. The Morgan fingerprint density at radius 2 is 2.17 bits per heavy atom. The number of rotatable bonds is 6. The highest BCUT2D eigenvalue weighted by atomic mass is 32.1. The normalized spacial score (nSPS) is 18.7. The number of benzene rings is 1. The fourth-order valence-electron chi connectivity index (χ4n) is 4.52. The van der Waals surface area contributed by atoms with Gasteiger partial charge < -0.3 is 10.0 Å². The lowest BCUT2D eigenvalue weighted by Crippen LogP contribution is -2.44. The number of phenols is 1. The molecule has 1 saturated carbocycles. The molecule has 1 N–H and O–H groups in total. The molecule has 1 amide bonds. The number of nitrogens with zero attached hydrogens (tertiary/aromatic N) is 3. The van der Waals surface area contributed by atoms with E-state index in [0.29, 0.717) is 6.04 Å². The van der Waals surface area contributed by atoms with Gasteiger partial charge in [-0.25, -0.2) is 0 Å². The Morgan fingerprint density at radius 1 is 1.31 bits per heavy atom. The second kappa shape index (κ2) is 7.48. The number of aromatic hydroxyl groups is 1. The van der Waals surface area contributed by atoms with E-state index >= 15 is 0 Å². The summed E-state index contributed by atoms with van der Waals surface area (Å²) in [6, 6.07) is 5.91. The molecule has 2 aromatic heterocycles. The van der Waals surface area contributed by atoms with Gasteiger partial charge in [0.15, 0.2) is 0 Å². The van der Waals surface area contributed by atoms with Gasteiger partial charge in [0.05, 0.1) is 11.3 Å². The largest absolute Gasteiger partial charge is 0.508 e. The molecular formula is C23H27N3O2S. The van der Waals surface area contributed by atoms with Crippen molar-refractivity contribution in [3.05, 3.63) is 46.6 Å². The molecule has 6 heteroatoms. The van der Waals surface area contributed by atoms with Crippen molar-refractivity contribution in [2.75, 3.05) is 0 Å². The number of hydrogen-bond donors (Lipinski definition) is 1. The monoisotopic (exact) mass is 409 g/mol. The number of aromatic nitrogens is 2. The van der Waals surface area contributed by atoms with Gasteiger partial charge in [-0.1, -0.05) is 13.3 Å². The highest BCUT2D eigenvalue weighted by Gasteiger charge is 2.40. The van der Waals surface area contributed by atoms with Crippen LogP contribution < -0.4 is 0 Å². The first kappa shape index (κ1) is 18.7. The van der Waals surface area contributed by atoms with E-state index in [1.807, 2.05) is 11.4 Å². The first-order valence-electron chi connectivity index (χ1n) is 10.7. The van der Waals surface area contributed by atoms with E-state index in [-0.39, 0.29) is 17.7 Å². The first-order chi connectivity index (χ1) is 14.1. The summed E-state index contributed by atoms with van der Waals surface area (Å²) in [7, 11) is 0. The van der Waals surface area contributed by atoms with Gasteiger partial charge in [0.2, 0.25) is 0 Å². The predicted octanol–water partition coefficient (Wildman–Crippen LogP) is 4.77. The average molecular weight is 410 g/mol. The second-order valence-electron chi connectivity index (χ2n) is 8.39. The SMILES string of the molecule is CCCCn1cc2c(n1)CCC(N(C(=O)c1csc3cc(O)ccc13)C1CC1)C2. The van der Waals surface area contributed by atoms with Gasteiger partial charge in [0, 0.05) is 40.3 Å². The molecule has 0 spiro atoms. The van der Waals surface area contributed by atoms with Crippen molar-refractivity contribution < 1.29 is 9.90 Å². The molecule has 0 saturated heterocycles. The molecule has 2 aliphatic carbocycles. The minimum absolute atomic E-state index is 0.149. The third-order valence-electron chi connectivity index (χ3n) is 6.19. The number of carbonyl (C=O) groups is 1. The van der Waals surface area contributed by atoms with Crippen molar-refractivity contribution in [2.45, 2.75) is 70.5 Å². The molecule has 5 nitrogen and oxygen atoms in total. The second-order valence-corrected chi connectivity index (χ2v) is 9.30. The molecule has 152 valence electrons. The summed E-state index contributed by atoms with van der Waals surface area (Å²) < 4.78 is 3.06. The Balaban J connectivity index is 1.40. The first-order valence-corrected chi connectivity index (χ1v) is 11.6. The highest BCUT2D eigenvalue weighted by Crippen LogP contribution is 2.37. The minimum Gasteiger partial charge on any atom is -0.508 e. The highest BCUT2D eigenvalue weighted by molar-refractivity contribution is 7.17. The van der Waals surface area contributed by atoms with Crippen LogP contribution in [0.3, 0.4) is 0 Å². The molecule has 1 atom stereocenters. The summed E-state index contributed by atoms with van der Waals surface area (Å²) in [4.78, 5) is 15.8. The summed E-state index contributed by atoms with van der Waals surface area (Å²) in [6.45, 7) is 3.18. The van der Waals surface area contributed by atoms with Crippen molar-refractivity contribution in [1.82, 2.24) is 14.7 Å². The van der Waals surface area contributed by atoms with Crippen molar-refractivity contribution in [2.24, 2.45) is 0 Å². The number of hydrogen-bond acceptors (Lipinski definition) is 4. The van der Waals surface area contributed by atoms with Gasteiger partial charge in [0.25, 0.3) is 5.91 Å². The zero-order chi connectivity index (χ0) is 20.0. The number of amides is 1. The van der Waals surface area contributed by atoms with E-state index in [9.17, 15) is 9.90 Å². The lowest BCUT2D eigenvalue weighted by Gasteiger charge is -2.34. The Hall–Kier alpha value is -2.34. The maximum atomic E-state index is 13.6. The van der Waals surface area contributed by atoms with E-state index in [1.54, 1.807) is 12.1 Å². The number of unbranched alkanes of at least 4 members (excludes halogenated alkanes) is 1. The maximum Gasteiger partial charge on any atom is 0.255 e. The number of aryl methyl sites for hydroxylation is 2. The molecular weight excluding hydrogens is 382 g/mol. The van der Waals surface area contributed by atoms with Gasteiger partial charge in [-0.15, -0.1) is 11.3 Å². The molecule has 2 heterocycles. The van der Waals surface area contributed by atoms with E-state index in [1.165, 1.54) is 29.0 Å². The van der Waals surface area contributed by atoms with Crippen LogP contribution >= 0.6 is 11.3 Å². The van der Waals surface area contributed by atoms with Crippen LogP contribution in [0.2, 0.25) is 0 Å². The van der Waals surface area contributed by atoms with E-state index in [4.69, 9.17) is 5.10 Å². The Kier molecular flexibility index (Phi) is 4.82. The number of phenolic OH excluding ortho intramolecular Hbond substituents is 1. The van der Waals surface area contributed by atoms with Crippen molar-refractivity contribution >= 4 is 27.3 Å². The molecule has 1 unspecified atom stereocenters. The van der Waals surface area contributed by atoms with Crippen LogP contribution in [0.5, 0.6) is 5.75 Å². The molecule has 3 aromatic rings. The Labute approximate surface area is 175 Å². The Morgan fingerprint density at radius 3 is 2.97 bits per heavy atom. The van der Waals surface area contributed by atoms with Crippen LogP contribution in [-0.2, 0) is 19.4 Å². The minimum atomic E-state index is 0.149. The Bertz CT molecular complexity index is 1050. The average Bonchev–Trinajstić information content (AvgIpc) is 3.32. The maximum absolute atomic E-state index is 13.6. The zero-order valence-corrected chi connectivity index (χ0v) is 17.6. The molecule has 0 bridgehead atoms.